The Labute approximate surface area is 202 Å². The lowest BCUT2D eigenvalue weighted by atomic mass is 10.00. The highest BCUT2D eigenvalue weighted by Crippen LogP contribution is 2.41. The van der Waals surface area contributed by atoms with Gasteiger partial charge in [0.1, 0.15) is 23.2 Å². The summed E-state index contributed by atoms with van der Waals surface area (Å²) < 4.78 is 40.6. The molecule has 2 aliphatic rings. The molecule has 5 rings (SSSR count). The summed E-state index contributed by atoms with van der Waals surface area (Å²) in [5.41, 5.74) is 5.65. The Kier molecular flexibility index (Phi) is 6.44. The summed E-state index contributed by atoms with van der Waals surface area (Å²) in [4.78, 5) is 9.40. The molecule has 0 radical (unpaired) electrons. The number of amidine groups is 1. The van der Waals surface area contributed by atoms with Gasteiger partial charge in [-0.05, 0) is 57.9 Å². The van der Waals surface area contributed by atoms with E-state index in [1.54, 1.807) is 0 Å². The van der Waals surface area contributed by atoms with E-state index in [0.717, 1.165) is 29.8 Å². The third kappa shape index (κ3) is 4.61. The minimum atomic E-state index is -0.699. The van der Waals surface area contributed by atoms with E-state index in [2.05, 4.69) is 26.6 Å². The summed E-state index contributed by atoms with van der Waals surface area (Å²) in [5.74, 6) is -1.32. The van der Waals surface area contributed by atoms with Crippen LogP contribution in [0.25, 0.3) is 17.3 Å². The maximum Gasteiger partial charge on any atom is 0.144 e. The van der Waals surface area contributed by atoms with Crippen LogP contribution >= 0.6 is 0 Å². The van der Waals surface area contributed by atoms with Crippen molar-refractivity contribution in [1.29, 1.82) is 0 Å². The number of nitrogens with one attached hydrogen (secondary N) is 2. The summed E-state index contributed by atoms with van der Waals surface area (Å²) in [6, 6.07) is 5.68. The quantitative estimate of drug-likeness (QED) is 0.507. The average Bonchev–Trinajstić information content (AvgIpc) is 3.10. The summed E-state index contributed by atoms with van der Waals surface area (Å²) >= 11 is 0. The van der Waals surface area contributed by atoms with Gasteiger partial charge in [0.25, 0.3) is 0 Å². The van der Waals surface area contributed by atoms with E-state index >= 15 is 0 Å². The summed E-state index contributed by atoms with van der Waals surface area (Å²) in [6.07, 6.45) is 3.71. The molecule has 2 aromatic heterocycles. The molecule has 1 fully saturated rings. The molecule has 0 amide bonds. The van der Waals surface area contributed by atoms with Crippen LogP contribution in [0.5, 0.6) is 0 Å². The van der Waals surface area contributed by atoms with Crippen molar-refractivity contribution in [3.8, 4) is 11.3 Å². The Morgan fingerprint density at radius 3 is 2.80 bits per heavy atom. The van der Waals surface area contributed by atoms with Gasteiger partial charge < -0.3 is 14.8 Å². The molecule has 1 saturated heterocycles. The first-order valence-corrected chi connectivity index (χ1v) is 11.7. The number of nitrogens with zero attached hydrogens (tertiary/aromatic N) is 3. The normalized spacial score (nSPS) is 18.5. The molecule has 1 atom stereocenters. The Hall–Kier alpha value is -3.43. The SMILES string of the molecule is CCOC[C@H]1C/C(=C\c2cc3c(c(C)n2)N=C(c2c(F)cccc2F)Nc2c-3n[nH]c2C)CCO1. The van der Waals surface area contributed by atoms with Crippen molar-refractivity contribution in [2.75, 3.05) is 25.1 Å². The van der Waals surface area contributed by atoms with Crippen molar-refractivity contribution in [1.82, 2.24) is 15.2 Å². The average molecular weight is 480 g/mol. The van der Waals surface area contributed by atoms with E-state index in [0.29, 0.717) is 42.6 Å². The van der Waals surface area contributed by atoms with E-state index in [4.69, 9.17) is 14.5 Å². The Morgan fingerprint density at radius 2 is 2.03 bits per heavy atom. The molecule has 0 aliphatic carbocycles. The van der Waals surface area contributed by atoms with Crippen LogP contribution in [-0.2, 0) is 9.47 Å². The molecule has 182 valence electrons. The first-order chi connectivity index (χ1) is 16.9. The predicted molar refractivity (Wildman–Crippen MR) is 131 cm³/mol. The maximum absolute atomic E-state index is 14.7. The molecule has 2 aliphatic heterocycles. The second kappa shape index (κ2) is 9.67. The minimum Gasteiger partial charge on any atom is -0.379 e. The molecular formula is C26H27F2N5O2. The monoisotopic (exact) mass is 479 g/mol. The molecule has 4 heterocycles. The lowest BCUT2D eigenvalue weighted by Gasteiger charge is -2.24. The number of benzene rings is 1. The van der Waals surface area contributed by atoms with Gasteiger partial charge in [-0.1, -0.05) is 11.6 Å². The highest BCUT2D eigenvalue weighted by molar-refractivity contribution is 6.13. The fraction of sp³-hybridized carbons (Fsp3) is 0.346. The van der Waals surface area contributed by atoms with Crippen LogP contribution in [0.3, 0.4) is 0 Å². The Morgan fingerprint density at radius 1 is 1.23 bits per heavy atom. The zero-order chi connectivity index (χ0) is 24.5. The molecule has 9 heteroatoms. The van der Waals surface area contributed by atoms with Gasteiger partial charge in [-0.25, -0.2) is 13.8 Å². The van der Waals surface area contributed by atoms with Gasteiger partial charge in [0.2, 0.25) is 0 Å². The van der Waals surface area contributed by atoms with Gasteiger partial charge in [-0.2, -0.15) is 5.10 Å². The number of aryl methyl sites for hydroxylation is 2. The van der Waals surface area contributed by atoms with Crippen LogP contribution in [0, 0.1) is 25.5 Å². The standard InChI is InChI=1S/C26H27F2N5O2/c1-4-34-13-18-11-16(8-9-35-18)10-17-12-19-23(14(2)29-17)30-26(22-20(27)6-5-7-21(22)28)31-24-15(3)32-33-25(19)24/h5-7,10,12,18H,4,8-9,11,13H2,1-3H3,(H,30,31)(H,32,33)/b16-10-/t18-/m1/s1. The van der Waals surface area contributed by atoms with Crippen LogP contribution in [0.4, 0.5) is 20.2 Å². The number of rotatable bonds is 5. The molecule has 0 unspecified atom stereocenters. The highest BCUT2D eigenvalue weighted by Gasteiger charge is 2.26. The van der Waals surface area contributed by atoms with Crippen LogP contribution in [0.1, 0.15) is 42.4 Å². The Balaban J connectivity index is 1.59. The van der Waals surface area contributed by atoms with Crippen molar-refractivity contribution < 1.29 is 18.3 Å². The van der Waals surface area contributed by atoms with Gasteiger partial charge in [0.05, 0.1) is 53.3 Å². The number of aromatic amines is 1. The fourth-order valence-electron chi connectivity index (χ4n) is 4.47. The molecule has 0 spiro atoms. The van der Waals surface area contributed by atoms with Crippen molar-refractivity contribution in [3.05, 3.63) is 64.1 Å². The predicted octanol–water partition coefficient (Wildman–Crippen LogP) is 5.47. The minimum absolute atomic E-state index is 0.0319. The van der Waals surface area contributed by atoms with Crippen LogP contribution in [-0.4, -0.2) is 46.9 Å². The topological polar surface area (TPSA) is 84.4 Å². The van der Waals surface area contributed by atoms with Gasteiger partial charge in [0.15, 0.2) is 0 Å². The summed E-state index contributed by atoms with van der Waals surface area (Å²) in [6.45, 7) is 7.51. The summed E-state index contributed by atoms with van der Waals surface area (Å²) in [5, 5.41) is 10.6. The zero-order valence-corrected chi connectivity index (χ0v) is 19.9. The molecule has 35 heavy (non-hydrogen) atoms. The van der Waals surface area contributed by atoms with E-state index in [9.17, 15) is 8.78 Å². The largest absolute Gasteiger partial charge is 0.379 e. The second-order valence-electron chi connectivity index (χ2n) is 8.69. The van der Waals surface area contributed by atoms with Gasteiger partial charge >= 0.3 is 0 Å². The van der Waals surface area contributed by atoms with Crippen molar-refractivity contribution in [2.24, 2.45) is 4.99 Å². The Bertz CT molecular complexity index is 1310. The number of pyridine rings is 1. The first-order valence-electron chi connectivity index (χ1n) is 11.7. The van der Waals surface area contributed by atoms with Gasteiger partial charge in [0, 0.05) is 12.2 Å². The molecule has 2 N–H and O–H groups in total. The number of anilines is 1. The van der Waals surface area contributed by atoms with E-state index < -0.39 is 11.6 Å². The van der Waals surface area contributed by atoms with Crippen LogP contribution < -0.4 is 5.32 Å². The first kappa shape index (κ1) is 23.3. The highest BCUT2D eigenvalue weighted by atomic mass is 19.1. The number of hydrogen-bond acceptors (Lipinski definition) is 6. The third-order valence-electron chi connectivity index (χ3n) is 6.18. The smallest absolute Gasteiger partial charge is 0.144 e. The molecular weight excluding hydrogens is 452 g/mol. The van der Waals surface area contributed by atoms with Crippen LogP contribution in [0.2, 0.25) is 0 Å². The van der Waals surface area contributed by atoms with E-state index in [1.165, 1.54) is 23.8 Å². The van der Waals surface area contributed by atoms with E-state index in [1.807, 2.05) is 26.8 Å². The lowest BCUT2D eigenvalue weighted by Crippen LogP contribution is -2.25. The van der Waals surface area contributed by atoms with Crippen molar-refractivity contribution in [2.45, 2.75) is 39.7 Å². The second-order valence-corrected chi connectivity index (χ2v) is 8.69. The number of aromatic nitrogens is 3. The number of aliphatic imine (C=N–C) groups is 1. The maximum atomic E-state index is 14.7. The fourth-order valence-corrected chi connectivity index (χ4v) is 4.47. The van der Waals surface area contributed by atoms with Gasteiger partial charge in [-0.15, -0.1) is 0 Å². The third-order valence-corrected chi connectivity index (χ3v) is 6.18. The van der Waals surface area contributed by atoms with Crippen molar-refractivity contribution >= 4 is 23.3 Å². The molecule has 1 aromatic carbocycles. The van der Waals surface area contributed by atoms with Gasteiger partial charge in [-0.3, -0.25) is 10.1 Å². The summed E-state index contributed by atoms with van der Waals surface area (Å²) in [7, 11) is 0. The van der Waals surface area contributed by atoms with E-state index in [-0.39, 0.29) is 17.5 Å². The molecule has 0 bridgehead atoms. The molecule has 7 nitrogen and oxygen atoms in total. The number of halogens is 2. The lowest BCUT2D eigenvalue weighted by molar-refractivity contribution is -0.0244. The molecule has 3 aromatic rings. The molecule has 0 saturated carbocycles. The zero-order valence-electron chi connectivity index (χ0n) is 19.9. The number of hydrogen-bond donors (Lipinski definition) is 2. The number of fused-ring (bicyclic) bond motifs is 3. The number of H-pyrrole nitrogens is 1. The van der Waals surface area contributed by atoms with Crippen molar-refractivity contribution in [3.63, 3.8) is 0 Å². The number of ether oxygens (including phenoxy) is 2. The van der Waals surface area contributed by atoms with Crippen LogP contribution in [0.15, 0.2) is 34.8 Å².